The fourth-order valence-corrected chi connectivity index (χ4v) is 3.29. The van der Waals surface area contributed by atoms with Crippen LogP contribution in [0.15, 0.2) is 0 Å². The van der Waals surface area contributed by atoms with E-state index in [1.807, 2.05) is 0 Å². The van der Waals surface area contributed by atoms with E-state index < -0.39 is 0 Å². The van der Waals surface area contributed by atoms with Gasteiger partial charge in [0.2, 0.25) is 0 Å². The lowest BCUT2D eigenvalue weighted by Gasteiger charge is -2.34. The van der Waals surface area contributed by atoms with Crippen LogP contribution in [0, 0.1) is 17.8 Å². The molecule has 4 atom stereocenters. The highest BCUT2D eigenvalue weighted by molar-refractivity contribution is 4.86. The van der Waals surface area contributed by atoms with Crippen molar-refractivity contribution in [2.45, 2.75) is 51.5 Å². The molecule has 2 N–H and O–H groups in total. The van der Waals surface area contributed by atoms with Gasteiger partial charge in [-0.25, -0.2) is 0 Å². The molecule has 2 fully saturated rings. The summed E-state index contributed by atoms with van der Waals surface area (Å²) < 4.78 is 5.44. The Morgan fingerprint density at radius 3 is 2.80 bits per heavy atom. The highest BCUT2D eigenvalue weighted by atomic mass is 16.5. The smallest absolute Gasteiger partial charge is 0.0510 e. The molecule has 1 saturated heterocycles. The zero-order valence-corrected chi connectivity index (χ0v) is 9.95. The molecule has 4 unspecified atom stereocenters. The molecule has 2 nitrogen and oxygen atoms in total. The van der Waals surface area contributed by atoms with Gasteiger partial charge in [0, 0.05) is 12.6 Å². The van der Waals surface area contributed by atoms with Crippen LogP contribution in [0.5, 0.6) is 0 Å². The normalized spacial score (nSPS) is 39.2. The second-order valence-corrected chi connectivity index (χ2v) is 5.40. The highest BCUT2D eigenvalue weighted by Crippen LogP contribution is 2.35. The second kappa shape index (κ2) is 5.31. The summed E-state index contributed by atoms with van der Waals surface area (Å²) in [6.07, 6.45) is 8.08. The van der Waals surface area contributed by atoms with Gasteiger partial charge in [0.1, 0.15) is 0 Å². The quantitative estimate of drug-likeness (QED) is 0.778. The minimum atomic E-state index is 0.404. The number of nitrogens with two attached hydrogens (primary N) is 1. The Morgan fingerprint density at radius 2 is 2.13 bits per heavy atom. The lowest BCUT2D eigenvalue weighted by Crippen LogP contribution is -2.40. The van der Waals surface area contributed by atoms with Crippen molar-refractivity contribution < 1.29 is 4.74 Å². The van der Waals surface area contributed by atoms with Crippen LogP contribution < -0.4 is 5.73 Å². The lowest BCUT2D eigenvalue weighted by atomic mass is 9.74. The van der Waals surface area contributed by atoms with Crippen LogP contribution in [0.3, 0.4) is 0 Å². The number of rotatable bonds is 3. The fraction of sp³-hybridized carbons (Fsp3) is 1.00. The number of ether oxygens (including phenoxy) is 1. The van der Waals surface area contributed by atoms with E-state index in [1.54, 1.807) is 0 Å². The summed E-state index contributed by atoms with van der Waals surface area (Å²) in [6.45, 7) is 4.16. The molecule has 0 spiro atoms. The molecule has 1 saturated carbocycles. The molecule has 1 aliphatic carbocycles. The van der Waals surface area contributed by atoms with E-state index in [1.165, 1.54) is 38.5 Å². The first-order chi connectivity index (χ1) is 7.31. The van der Waals surface area contributed by atoms with Crippen molar-refractivity contribution in [3.05, 3.63) is 0 Å². The molecule has 0 aromatic carbocycles. The van der Waals surface area contributed by atoms with Crippen molar-refractivity contribution in [1.82, 2.24) is 0 Å². The second-order valence-electron chi connectivity index (χ2n) is 5.40. The standard InChI is InChI=1S/C13H25NO/c1-2-10-4-3-5-11(8-10)13(14)12-6-7-15-9-12/h10-13H,2-9,14H2,1H3. The molecular weight excluding hydrogens is 186 g/mol. The fourth-order valence-electron chi connectivity index (χ4n) is 3.29. The molecule has 2 rings (SSSR count). The number of hydrogen-bond donors (Lipinski definition) is 1. The third-order valence-corrected chi connectivity index (χ3v) is 4.45. The topological polar surface area (TPSA) is 35.2 Å². The van der Waals surface area contributed by atoms with Crippen LogP contribution in [0.4, 0.5) is 0 Å². The van der Waals surface area contributed by atoms with Crippen LogP contribution in [0.2, 0.25) is 0 Å². The predicted octanol–water partition coefficient (Wildman–Crippen LogP) is 2.57. The zero-order chi connectivity index (χ0) is 10.7. The molecule has 2 heteroatoms. The molecule has 88 valence electrons. The Morgan fingerprint density at radius 1 is 1.27 bits per heavy atom. The Bertz CT molecular complexity index is 189. The Labute approximate surface area is 93.6 Å². The maximum atomic E-state index is 6.39. The maximum absolute atomic E-state index is 6.39. The summed E-state index contributed by atoms with van der Waals surface area (Å²) in [5.41, 5.74) is 6.39. The molecule has 15 heavy (non-hydrogen) atoms. The van der Waals surface area contributed by atoms with Gasteiger partial charge in [0.05, 0.1) is 6.61 Å². The number of hydrogen-bond acceptors (Lipinski definition) is 2. The maximum Gasteiger partial charge on any atom is 0.0510 e. The zero-order valence-electron chi connectivity index (χ0n) is 9.95. The molecule has 1 aliphatic heterocycles. The van der Waals surface area contributed by atoms with Gasteiger partial charge in [0.15, 0.2) is 0 Å². The SMILES string of the molecule is CCC1CCCC(C(N)C2CCOC2)C1. The van der Waals surface area contributed by atoms with Crippen molar-refractivity contribution in [3.63, 3.8) is 0 Å². The van der Waals surface area contributed by atoms with Crippen LogP contribution in [0.1, 0.15) is 45.4 Å². The molecular formula is C13H25NO. The van der Waals surface area contributed by atoms with E-state index in [9.17, 15) is 0 Å². The van der Waals surface area contributed by atoms with Crippen LogP contribution in [-0.4, -0.2) is 19.3 Å². The van der Waals surface area contributed by atoms with E-state index in [0.717, 1.165) is 25.0 Å². The van der Waals surface area contributed by atoms with E-state index in [2.05, 4.69) is 6.92 Å². The van der Waals surface area contributed by atoms with Gasteiger partial charge in [-0.1, -0.05) is 26.2 Å². The third kappa shape index (κ3) is 2.73. The average molecular weight is 211 g/mol. The van der Waals surface area contributed by atoms with Gasteiger partial charge in [-0.05, 0) is 37.0 Å². The van der Waals surface area contributed by atoms with Gasteiger partial charge in [0.25, 0.3) is 0 Å². The molecule has 0 aromatic rings. The summed E-state index contributed by atoms with van der Waals surface area (Å²) in [4.78, 5) is 0. The first-order valence-electron chi connectivity index (χ1n) is 6.64. The van der Waals surface area contributed by atoms with Crippen molar-refractivity contribution in [3.8, 4) is 0 Å². The molecule has 0 amide bonds. The summed E-state index contributed by atoms with van der Waals surface area (Å²) in [5.74, 6) is 2.36. The average Bonchev–Trinajstić information content (AvgIpc) is 2.81. The van der Waals surface area contributed by atoms with Crippen molar-refractivity contribution in [2.75, 3.05) is 13.2 Å². The van der Waals surface area contributed by atoms with Gasteiger partial charge in [-0.2, -0.15) is 0 Å². The van der Waals surface area contributed by atoms with Crippen molar-refractivity contribution >= 4 is 0 Å². The molecule has 0 aromatic heterocycles. The van der Waals surface area contributed by atoms with Gasteiger partial charge >= 0.3 is 0 Å². The third-order valence-electron chi connectivity index (χ3n) is 4.45. The Kier molecular flexibility index (Phi) is 4.04. The van der Waals surface area contributed by atoms with E-state index in [4.69, 9.17) is 10.5 Å². The Balaban J connectivity index is 1.85. The van der Waals surface area contributed by atoms with Gasteiger partial charge in [-0.15, -0.1) is 0 Å². The minimum Gasteiger partial charge on any atom is -0.381 e. The molecule has 2 aliphatic rings. The summed E-state index contributed by atoms with van der Waals surface area (Å²) in [5, 5.41) is 0. The van der Waals surface area contributed by atoms with E-state index >= 15 is 0 Å². The monoisotopic (exact) mass is 211 g/mol. The van der Waals surface area contributed by atoms with Gasteiger partial charge in [-0.3, -0.25) is 0 Å². The van der Waals surface area contributed by atoms with Crippen LogP contribution in [0.25, 0.3) is 0 Å². The molecule has 1 heterocycles. The van der Waals surface area contributed by atoms with Crippen molar-refractivity contribution in [1.29, 1.82) is 0 Å². The predicted molar refractivity (Wildman–Crippen MR) is 62.6 cm³/mol. The Hall–Kier alpha value is -0.0800. The van der Waals surface area contributed by atoms with Gasteiger partial charge < -0.3 is 10.5 Å². The molecule has 0 bridgehead atoms. The summed E-state index contributed by atoms with van der Waals surface area (Å²) >= 11 is 0. The largest absolute Gasteiger partial charge is 0.381 e. The summed E-state index contributed by atoms with van der Waals surface area (Å²) in [7, 11) is 0. The minimum absolute atomic E-state index is 0.404. The van der Waals surface area contributed by atoms with Crippen LogP contribution >= 0.6 is 0 Å². The van der Waals surface area contributed by atoms with E-state index in [0.29, 0.717) is 12.0 Å². The van der Waals surface area contributed by atoms with Crippen molar-refractivity contribution in [2.24, 2.45) is 23.5 Å². The first kappa shape index (κ1) is 11.4. The lowest BCUT2D eigenvalue weighted by molar-refractivity contribution is 0.154. The first-order valence-corrected chi connectivity index (χ1v) is 6.64. The van der Waals surface area contributed by atoms with E-state index in [-0.39, 0.29) is 0 Å². The summed E-state index contributed by atoms with van der Waals surface area (Å²) in [6, 6.07) is 0.404. The molecule has 0 radical (unpaired) electrons. The highest BCUT2D eigenvalue weighted by Gasteiger charge is 2.32. The van der Waals surface area contributed by atoms with Crippen LogP contribution in [-0.2, 0) is 4.74 Å².